The molecule has 0 atom stereocenters. The standard InChI is InChI=1S/C36H35N7O5S/c1-25-20-38-33(21-37-25)32-6-5-7-34(35(32)36-39-40-41-43(36)24-28-12-18-31(48-4)19-13-28)49(44,45)42(22-26-8-14-29(46-2)15-9-26)23-27-10-16-30(47-3)17-11-27/h5-21H,22-24H2,1-4H3. The number of benzene rings is 4. The van der Waals surface area contributed by atoms with E-state index in [0.29, 0.717) is 34.1 Å². The second kappa shape index (κ2) is 14.6. The first kappa shape index (κ1) is 33.2. The molecule has 0 aliphatic carbocycles. The molecule has 0 spiro atoms. The number of methoxy groups -OCH3 is 3. The molecular formula is C36H35N7O5S. The molecule has 0 bridgehead atoms. The van der Waals surface area contributed by atoms with E-state index in [9.17, 15) is 0 Å². The Morgan fingerprint density at radius 1 is 0.694 bits per heavy atom. The van der Waals surface area contributed by atoms with Crippen molar-refractivity contribution in [1.82, 2.24) is 34.5 Å². The predicted molar refractivity (Wildman–Crippen MR) is 184 cm³/mol. The van der Waals surface area contributed by atoms with Gasteiger partial charge in [-0.05, 0) is 76.5 Å². The molecule has 6 rings (SSSR count). The second-order valence-electron chi connectivity index (χ2n) is 11.2. The monoisotopic (exact) mass is 677 g/mol. The van der Waals surface area contributed by atoms with Crippen LogP contribution in [0, 0.1) is 6.92 Å². The van der Waals surface area contributed by atoms with Gasteiger partial charge in [0.15, 0.2) is 5.82 Å². The lowest BCUT2D eigenvalue weighted by atomic mass is 10.0. The largest absolute Gasteiger partial charge is 0.497 e. The van der Waals surface area contributed by atoms with Crippen molar-refractivity contribution < 1.29 is 22.6 Å². The zero-order valence-electron chi connectivity index (χ0n) is 27.5. The fraction of sp³-hybridized carbons (Fsp3) is 0.194. The van der Waals surface area contributed by atoms with E-state index in [1.807, 2.05) is 79.7 Å². The first-order chi connectivity index (χ1) is 23.8. The van der Waals surface area contributed by atoms with Gasteiger partial charge in [-0.25, -0.2) is 13.1 Å². The summed E-state index contributed by atoms with van der Waals surface area (Å²) in [6, 6.07) is 27.2. The van der Waals surface area contributed by atoms with Crippen LogP contribution in [0.5, 0.6) is 17.2 Å². The summed E-state index contributed by atoms with van der Waals surface area (Å²) < 4.78 is 49.1. The maximum Gasteiger partial charge on any atom is 0.244 e. The van der Waals surface area contributed by atoms with Crippen molar-refractivity contribution in [2.24, 2.45) is 0 Å². The van der Waals surface area contributed by atoms with Crippen molar-refractivity contribution >= 4 is 10.0 Å². The zero-order chi connectivity index (χ0) is 34.4. The summed E-state index contributed by atoms with van der Waals surface area (Å²) in [5.74, 6) is 2.32. The highest BCUT2D eigenvalue weighted by molar-refractivity contribution is 7.89. The number of tetrazole rings is 1. The van der Waals surface area contributed by atoms with Gasteiger partial charge in [-0.2, -0.15) is 4.31 Å². The predicted octanol–water partition coefficient (Wildman–Crippen LogP) is 5.57. The highest BCUT2D eigenvalue weighted by Crippen LogP contribution is 2.37. The molecule has 0 saturated carbocycles. The molecule has 0 saturated heterocycles. The Balaban J connectivity index is 1.50. The van der Waals surface area contributed by atoms with Crippen molar-refractivity contribution in [1.29, 1.82) is 0 Å². The Morgan fingerprint density at radius 2 is 1.24 bits per heavy atom. The molecule has 13 heteroatoms. The van der Waals surface area contributed by atoms with Gasteiger partial charge in [0, 0.05) is 24.8 Å². The van der Waals surface area contributed by atoms with Crippen LogP contribution in [0.15, 0.2) is 108 Å². The summed E-state index contributed by atoms with van der Waals surface area (Å²) in [5, 5.41) is 12.6. The Kier molecular flexibility index (Phi) is 9.92. The number of hydrogen-bond donors (Lipinski definition) is 0. The average Bonchev–Trinajstić information content (AvgIpc) is 3.60. The molecule has 2 heterocycles. The fourth-order valence-corrected chi connectivity index (χ4v) is 6.98. The molecule has 0 aliphatic heterocycles. The summed E-state index contributed by atoms with van der Waals surface area (Å²) in [6.45, 7) is 2.29. The van der Waals surface area contributed by atoms with Crippen LogP contribution < -0.4 is 14.2 Å². The zero-order valence-corrected chi connectivity index (χ0v) is 28.3. The molecule has 0 aliphatic rings. The van der Waals surface area contributed by atoms with Gasteiger partial charge < -0.3 is 14.2 Å². The molecule has 0 fully saturated rings. The second-order valence-corrected chi connectivity index (χ2v) is 13.1. The highest BCUT2D eigenvalue weighted by Gasteiger charge is 2.32. The van der Waals surface area contributed by atoms with Gasteiger partial charge in [0.25, 0.3) is 0 Å². The number of aryl methyl sites for hydroxylation is 1. The van der Waals surface area contributed by atoms with E-state index in [1.165, 1.54) is 4.31 Å². The smallest absolute Gasteiger partial charge is 0.244 e. The van der Waals surface area contributed by atoms with E-state index < -0.39 is 10.0 Å². The fourth-order valence-electron chi connectivity index (χ4n) is 5.35. The molecule has 4 aromatic carbocycles. The van der Waals surface area contributed by atoms with Crippen molar-refractivity contribution in [3.05, 3.63) is 126 Å². The van der Waals surface area contributed by atoms with Gasteiger partial charge >= 0.3 is 0 Å². The molecule has 250 valence electrons. The van der Waals surface area contributed by atoms with Crippen molar-refractivity contribution in [3.8, 4) is 39.9 Å². The van der Waals surface area contributed by atoms with Gasteiger partial charge in [-0.1, -0.05) is 48.5 Å². The van der Waals surface area contributed by atoms with Crippen LogP contribution in [-0.2, 0) is 29.7 Å². The Bertz CT molecular complexity index is 2070. The first-order valence-corrected chi connectivity index (χ1v) is 16.8. The Hall–Kier alpha value is -5.66. The number of hydrogen-bond acceptors (Lipinski definition) is 10. The van der Waals surface area contributed by atoms with E-state index >= 15 is 8.42 Å². The molecule has 12 nitrogen and oxygen atoms in total. The van der Waals surface area contributed by atoms with Crippen LogP contribution in [-0.4, -0.2) is 64.2 Å². The number of rotatable bonds is 13. The van der Waals surface area contributed by atoms with Crippen LogP contribution in [0.1, 0.15) is 22.4 Å². The lowest BCUT2D eigenvalue weighted by Crippen LogP contribution is -2.31. The maximum absolute atomic E-state index is 15.0. The molecule has 0 radical (unpaired) electrons. The summed E-state index contributed by atoms with van der Waals surface area (Å²) in [6.07, 6.45) is 3.26. The van der Waals surface area contributed by atoms with Gasteiger partial charge in [0.2, 0.25) is 10.0 Å². The van der Waals surface area contributed by atoms with E-state index in [-0.39, 0.29) is 30.4 Å². The van der Waals surface area contributed by atoms with Crippen LogP contribution in [0.4, 0.5) is 0 Å². The minimum absolute atomic E-state index is 0.0279. The minimum Gasteiger partial charge on any atom is -0.497 e. The molecule has 2 aromatic heterocycles. The Morgan fingerprint density at radius 3 is 1.76 bits per heavy atom. The molecule has 0 unspecified atom stereocenters. The SMILES string of the molecule is COc1ccc(CN(Cc2ccc(OC)cc2)S(=O)(=O)c2cccc(-c3cnc(C)cn3)c2-c2nnnn2Cc2ccc(OC)cc2)cc1. The lowest BCUT2D eigenvalue weighted by molar-refractivity contribution is 0.397. The highest BCUT2D eigenvalue weighted by atomic mass is 32.2. The number of nitrogens with zero attached hydrogens (tertiary/aromatic N) is 7. The molecule has 0 N–H and O–H groups in total. The topological polar surface area (TPSA) is 134 Å². The third-order valence-electron chi connectivity index (χ3n) is 7.98. The third kappa shape index (κ3) is 7.42. The summed E-state index contributed by atoms with van der Waals surface area (Å²) in [4.78, 5) is 9.07. The molecule has 6 aromatic rings. The summed E-state index contributed by atoms with van der Waals surface area (Å²) in [7, 11) is 0.555. The van der Waals surface area contributed by atoms with Crippen molar-refractivity contribution in [2.45, 2.75) is 31.5 Å². The molecular weight excluding hydrogens is 643 g/mol. The van der Waals surface area contributed by atoms with Gasteiger partial charge in [0.05, 0.1) is 55.9 Å². The van der Waals surface area contributed by atoms with Crippen LogP contribution >= 0.6 is 0 Å². The van der Waals surface area contributed by atoms with Gasteiger partial charge in [-0.3, -0.25) is 9.97 Å². The van der Waals surface area contributed by atoms with Gasteiger partial charge in [-0.15, -0.1) is 5.10 Å². The third-order valence-corrected chi connectivity index (χ3v) is 9.82. The Labute approximate surface area is 285 Å². The number of ether oxygens (including phenoxy) is 3. The van der Waals surface area contributed by atoms with E-state index in [1.54, 1.807) is 56.6 Å². The maximum atomic E-state index is 15.0. The normalized spacial score (nSPS) is 11.4. The van der Waals surface area contributed by atoms with E-state index in [2.05, 4.69) is 25.5 Å². The summed E-state index contributed by atoms with van der Waals surface area (Å²) >= 11 is 0. The first-order valence-electron chi connectivity index (χ1n) is 15.4. The van der Waals surface area contributed by atoms with Gasteiger partial charge in [0.1, 0.15) is 17.2 Å². The van der Waals surface area contributed by atoms with E-state index in [4.69, 9.17) is 14.2 Å². The lowest BCUT2D eigenvalue weighted by Gasteiger charge is -2.25. The van der Waals surface area contributed by atoms with Crippen molar-refractivity contribution in [3.63, 3.8) is 0 Å². The van der Waals surface area contributed by atoms with Crippen LogP contribution in [0.25, 0.3) is 22.6 Å². The number of aromatic nitrogens is 6. The quantitative estimate of drug-likeness (QED) is 0.153. The minimum atomic E-state index is -4.23. The van der Waals surface area contributed by atoms with E-state index in [0.717, 1.165) is 22.4 Å². The molecule has 0 amide bonds. The van der Waals surface area contributed by atoms with Crippen molar-refractivity contribution in [2.75, 3.05) is 21.3 Å². The molecule has 49 heavy (non-hydrogen) atoms. The van der Waals surface area contributed by atoms with Crippen LogP contribution in [0.3, 0.4) is 0 Å². The number of sulfonamides is 1. The summed E-state index contributed by atoms with van der Waals surface area (Å²) in [5.41, 5.74) is 4.50. The van der Waals surface area contributed by atoms with Crippen LogP contribution in [0.2, 0.25) is 0 Å². The average molecular weight is 678 g/mol.